The third kappa shape index (κ3) is 5.83. The standard InChI is InChI=1S/C25H33FN2O3/c1-18(2)28(20-8-6-13-27-17-20)25(29)19-11-12-22(21-9-4-5-10-23(21)26)24(16-19)31-15-7-14-30-3/h4-5,9-12,16,18,20,27H,6-8,13-15,17H2,1-3H3. The first-order valence-electron chi connectivity index (χ1n) is 11.1. The fraction of sp³-hybridized carbons (Fsp3) is 0.480. The Bertz CT molecular complexity index is 866. The van der Waals surface area contributed by atoms with Crippen molar-refractivity contribution in [3.8, 4) is 16.9 Å². The molecule has 1 amide bonds. The number of carbonyl (C=O) groups excluding carboxylic acids is 1. The first kappa shape index (κ1) is 23.2. The molecule has 1 fully saturated rings. The van der Waals surface area contributed by atoms with E-state index in [0.717, 1.165) is 25.9 Å². The van der Waals surface area contributed by atoms with E-state index in [9.17, 15) is 9.18 Å². The second-order valence-corrected chi connectivity index (χ2v) is 8.19. The predicted octanol–water partition coefficient (Wildman–Crippen LogP) is 4.51. The van der Waals surface area contributed by atoms with Gasteiger partial charge in [0.15, 0.2) is 0 Å². The molecule has 1 aliphatic heterocycles. The summed E-state index contributed by atoms with van der Waals surface area (Å²) >= 11 is 0. The largest absolute Gasteiger partial charge is 0.493 e. The van der Waals surface area contributed by atoms with Crippen LogP contribution in [0.2, 0.25) is 0 Å². The maximum Gasteiger partial charge on any atom is 0.254 e. The van der Waals surface area contributed by atoms with Gasteiger partial charge in [-0.05, 0) is 57.5 Å². The zero-order chi connectivity index (χ0) is 22.2. The van der Waals surface area contributed by atoms with Crippen molar-refractivity contribution in [2.75, 3.05) is 33.4 Å². The van der Waals surface area contributed by atoms with Crippen LogP contribution in [0.4, 0.5) is 4.39 Å². The minimum atomic E-state index is -0.319. The quantitative estimate of drug-likeness (QED) is 0.597. The molecule has 0 saturated carbocycles. The van der Waals surface area contributed by atoms with Crippen LogP contribution in [0.3, 0.4) is 0 Å². The van der Waals surface area contributed by atoms with Crippen LogP contribution in [-0.2, 0) is 4.74 Å². The summed E-state index contributed by atoms with van der Waals surface area (Å²) in [6.45, 7) is 6.88. The summed E-state index contributed by atoms with van der Waals surface area (Å²) in [6, 6.07) is 12.2. The predicted molar refractivity (Wildman–Crippen MR) is 121 cm³/mol. The third-order valence-electron chi connectivity index (χ3n) is 5.60. The lowest BCUT2D eigenvalue weighted by Crippen LogP contribution is -2.51. The first-order chi connectivity index (χ1) is 15.0. The number of hydrogen-bond acceptors (Lipinski definition) is 4. The highest BCUT2D eigenvalue weighted by atomic mass is 19.1. The molecule has 6 heteroatoms. The van der Waals surface area contributed by atoms with Crippen molar-refractivity contribution in [1.29, 1.82) is 0 Å². The van der Waals surface area contributed by atoms with Crippen LogP contribution in [0.25, 0.3) is 11.1 Å². The number of benzene rings is 2. The topological polar surface area (TPSA) is 50.8 Å². The van der Waals surface area contributed by atoms with Crippen molar-refractivity contribution in [3.63, 3.8) is 0 Å². The van der Waals surface area contributed by atoms with E-state index in [2.05, 4.69) is 5.32 Å². The first-order valence-corrected chi connectivity index (χ1v) is 11.1. The van der Waals surface area contributed by atoms with Crippen LogP contribution in [0.5, 0.6) is 5.75 Å². The number of piperidine rings is 1. The monoisotopic (exact) mass is 428 g/mol. The lowest BCUT2D eigenvalue weighted by atomic mass is 9.99. The van der Waals surface area contributed by atoms with Gasteiger partial charge in [-0.1, -0.05) is 18.2 Å². The van der Waals surface area contributed by atoms with Gasteiger partial charge in [-0.15, -0.1) is 0 Å². The summed E-state index contributed by atoms with van der Waals surface area (Å²) in [4.78, 5) is 15.4. The molecule has 1 N–H and O–H groups in total. The highest BCUT2D eigenvalue weighted by Gasteiger charge is 2.29. The van der Waals surface area contributed by atoms with E-state index in [1.165, 1.54) is 6.07 Å². The van der Waals surface area contributed by atoms with Gasteiger partial charge in [0.25, 0.3) is 5.91 Å². The molecule has 0 aromatic heterocycles. The Morgan fingerprint density at radius 2 is 2.00 bits per heavy atom. The van der Waals surface area contributed by atoms with Crippen LogP contribution in [-0.4, -0.2) is 56.3 Å². The van der Waals surface area contributed by atoms with Crippen LogP contribution in [0.1, 0.15) is 43.5 Å². The van der Waals surface area contributed by atoms with Gasteiger partial charge in [-0.3, -0.25) is 4.79 Å². The Labute approximate surface area is 184 Å². The number of ether oxygens (including phenoxy) is 2. The zero-order valence-electron chi connectivity index (χ0n) is 18.7. The molecule has 168 valence electrons. The minimum absolute atomic E-state index is 0.0227. The van der Waals surface area contributed by atoms with E-state index < -0.39 is 0 Å². The highest BCUT2D eigenvalue weighted by molar-refractivity contribution is 5.96. The molecule has 1 atom stereocenters. The average Bonchev–Trinajstić information content (AvgIpc) is 2.78. The number of nitrogens with zero attached hydrogens (tertiary/aromatic N) is 1. The summed E-state index contributed by atoms with van der Waals surface area (Å²) < 4.78 is 25.6. The minimum Gasteiger partial charge on any atom is -0.493 e. The summed E-state index contributed by atoms with van der Waals surface area (Å²) in [5.41, 5.74) is 1.66. The molecule has 2 aromatic carbocycles. The number of hydrogen-bond donors (Lipinski definition) is 1. The van der Waals surface area contributed by atoms with Gasteiger partial charge in [0.1, 0.15) is 11.6 Å². The number of methoxy groups -OCH3 is 1. The number of rotatable bonds is 9. The van der Waals surface area contributed by atoms with Crippen LogP contribution >= 0.6 is 0 Å². The van der Waals surface area contributed by atoms with Gasteiger partial charge in [0, 0.05) is 55.5 Å². The lowest BCUT2D eigenvalue weighted by molar-refractivity contribution is 0.0573. The number of halogens is 1. The molecule has 31 heavy (non-hydrogen) atoms. The molecule has 3 rings (SSSR count). The molecular formula is C25H33FN2O3. The van der Waals surface area contributed by atoms with E-state index in [4.69, 9.17) is 9.47 Å². The summed E-state index contributed by atoms with van der Waals surface area (Å²) in [5, 5.41) is 3.39. The van der Waals surface area contributed by atoms with Crippen LogP contribution in [0.15, 0.2) is 42.5 Å². The van der Waals surface area contributed by atoms with E-state index in [0.29, 0.717) is 42.1 Å². The summed E-state index contributed by atoms with van der Waals surface area (Å²) in [5.74, 6) is 0.170. The summed E-state index contributed by atoms with van der Waals surface area (Å²) in [6.07, 6.45) is 2.75. The zero-order valence-corrected chi connectivity index (χ0v) is 18.7. The molecule has 5 nitrogen and oxygen atoms in total. The fourth-order valence-corrected chi connectivity index (χ4v) is 4.10. The fourth-order valence-electron chi connectivity index (χ4n) is 4.10. The molecule has 0 aliphatic carbocycles. The third-order valence-corrected chi connectivity index (χ3v) is 5.60. The SMILES string of the molecule is COCCCOc1cc(C(=O)N(C(C)C)C2CCCNC2)ccc1-c1ccccc1F. The van der Waals surface area contributed by atoms with Crippen molar-refractivity contribution in [2.45, 2.75) is 45.2 Å². The van der Waals surface area contributed by atoms with E-state index in [1.807, 2.05) is 18.7 Å². The highest BCUT2D eigenvalue weighted by Crippen LogP contribution is 2.33. The lowest BCUT2D eigenvalue weighted by Gasteiger charge is -2.37. The number of nitrogens with one attached hydrogen (secondary N) is 1. The van der Waals surface area contributed by atoms with E-state index >= 15 is 0 Å². The second kappa shape index (κ2) is 11.3. The Morgan fingerprint density at radius 1 is 1.19 bits per heavy atom. The van der Waals surface area contributed by atoms with Crippen molar-refractivity contribution in [1.82, 2.24) is 10.2 Å². The Hall–Kier alpha value is -2.44. The smallest absolute Gasteiger partial charge is 0.254 e. The van der Waals surface area contributed by atoms with Crippen molar-refractivity contribution >= 4 is 5.91 Å². The molecular weight excluding hydrogens is 395 g/mol. The van der Waals surface area contributed by atoms with Gasteiger partial charge >= 0.3 is 0 Å². The maximum atomic E-state index is 14.5. The molecule has 0 bridgehead atoms. The molecule has 2 aromatic rings. The average molecular weight is 429 g/mol. The van der Waals surface area contributed by atoms with Gasteiger partial charge in [0.05, 0.1) is 6.61 Å². The Kier molecular flexibility index (Phi) is 8.43. The van der Waals surface area contributed by atoms with Gasteiger partial charge < -0.3 is 19.7 Å². The number of amides is 1. The van der Waals surface area contributed by atoms with Crippen molar-refractivity contribution < 1.29 is 18.7 Å². The molecule has 0 radical (unpaired) electrons. The van der Waals surface area contributed by atoms with Crippen molar-refractivity contribution in [2.24, 2.45) is 0 Å². The molecule has 1 saturated heterocycles. The molecule has 1 unspecified atom stereocenters. The van der Waals surface area contributed by atoms with Gasteiger partial charge in [0.2, 0.25) is 0 Å². The van der Waals surface area contributed by atoms with E-state index in [-0.39, 0.29) is 23.8 Å². The maximum absolute atomic E-state index is 14.5. The molecule has 0 spiro atoms. The van der Waals surface area contributed by atoms with E-state index in [1.54, 1.807) is 43.5 Å². The number of carbonyl (C=O) groups is 1. The Morgan fingerprint density at radius 3 is 2.68 bits per heavy atom. The van der Waals surface area contributed by atoms with Crippen LogP contribution < -0.4 is 10.1 Å². The van der Waals surface area contributed by atoms with Gasteiger partial charge in [-0.25, -0.2) is 4.39 Å². The van der Waals surface area contributed by atoms with Gasteiger partial charge in [-0.2, -0.15) is 0 Å². The summed E-state index contributed by atoms with van der Waals surface area (Å²) in [7, 11) is 1.64. The second-order valence-electron chi connectivity index (χ2n) is 8.19. The Balaban J connectivity index is 1.92. The molecule has 1 heterocycles. The van der Waals surface area contributed by atoms with Crippen molar-refractivity contribution in [3.05, 3.63) is 53.8 Å². The molecule has 1 aliphatic rings. The normalized spacial score (nSPS) is 16.4. The van der Waals surface area contributed by atoms with Crippen LogP contribution in [0, 0.1) is 5.82 Å².